The van der Waals surface area contributed by atoms with Gasteiger partial charge in [-0.1, -0.05) is 0 Å². The van der Waals surface area contributed by atoms with Gasteiger partial charge in [0, 0.05) is 23.3 Å². The lowest BCUT2D eigenvalue weighted by Gasteiger charge is -2.08. The van der Waals surface area contributed by atoms with Crippen LogP contribution in [-0.2, 0) is 0 Å². The van der Waals surface area contributed by atoms with Crippen molar-refractivity contribution >= 4 is 11.8 Å². The van der Waals surface area contributed by atoms with E-state index in [2.05, 4.69) is 11.8 Å². The van der Waals surface area contributed by atoms with E-state index in [9.17, 15) is 13.3 Å². The molecule has 0 aliphatic heterocycles. The van der Waals surface area contributed by atoms with E-state index in [-0.39, 0.29) is 0 Å². The molecule has 0 aliphatic carbocycles. The van der Waals surface area contributed by atoms with Gasteiger partial charge in [0.1, 0.15) is 0 Å². The van der Waals surface area contributed by atoms with Crippen molar-refractivity contribution in [2.24, 2.45) is 0 Å². The van der Waals surface area contributed by atoms with Crippen LogP contribution in [0.5, 0.6) is 0 Å². The molecular formula is C2H3ClF3N. The average molecular weight is 134 g/mol. The van der Waals surface area contributed by atoms with Crippen molar-refractivity contribution in [3.05, 3.63) is 0 Å². The maximum absolute atomic E-state index is 11.3. The highest BCUT2D eigenvalue weighted by atomic mass is 35.5. The number of hydrogen-bond donors (Lipinski definition) is 0. The fourth-order valence-electron chi connectivity index (χ4n) is 0. The summed E-state index contributed by atoms with van der Waals surface area (Å²) >= 11 is 4.17. The molecule has 5 heteroatoms. The summed E-state index contributed by atoms with van der Waals surface area (Å²) < 4.78 is 32.4. The van der Waals surface area contributed by atoms with Gasteiger partial charge in [0.15, 0.2) is 0 Å². The van der Waals surface area contributed by atoms with Gasteiger partial charge in [-0.15, -0.1) is 4.48 Å². The van der Waals surface area contributed by atoms with Gasteiger partial charge in [0.25, 0.3) is 0 Å². The lowest BCUT2D eigenvalue weighted by molar-refractivity contribution is -0.164. The van der Waals surface area contributed by atoms with Crippen LogP contribution in [0.1, 0.15) is 6.92 Å². The van der Waals surface area contributed by atoms with Crippen LogP contribution < -0.4 is 0 Å². The van der Waals surface area contributed by atoms with Crippen molar-refractivity contribution in [3.8, 4) is 0 Å². The largest absolute Gasteiger partial charge is 0.341 e. The zero-order chi connectivity index (χ0) is 6.08. The van der Waals surface area contributed by atoms with Gasteiger partial charge in [-0.05, 0) is 0 Å². The van der Waals surface area contributed by atoms with E-state index in [4.69, 9.17) is 0 Å². The van der Waals surface area contributed by atoms with Crippen molar-refractivity contribution in [1.82, 2.24) is 4.64 Å². The summed E-state index contributed by atoms with van der Waals surface area (Å²) in [5.74, 6) is 0. The summed E-state index contributed by atoms with van der Waals surface area (Å²) in [6.45, 7) is 0.347. The minimum absolute atomic E-state index is 0.347. The van der Waals surface area contributed by atoms with Gasteiger partial charge in [0.2, 0.25) is 0 Å². The van der Waals surface area contributed by atoms with Crippen LogP contribution in [0.3, 0.4) is 0 Å². The normalized spacial score (nSPS) is 12.9. The number of rotatable bonds is 1. The first-order chi connectivity index (χ1) is 2.94. The summed E-state index contributed by atoms with van der Waals surface area (Å²) in [5.41, 5.74) is 0. The molecule has 0 aromatic rings. The quantitative estimate of drug-likeness (QED) is 0.390. The SMILES string of the molecule is CC(F)(F)N(F)Cl. The van der Waals surface area contributed by atoms with E-state index < -0.39 is 10.7 Å². The van der Waals surface area contributed by atoms with Crippen molar-refractivity contribution in [3.63, 3.8) is 0 Å². The Morgan fingerprint density at radius 1 is 1.57 bits per heavy atom. The second kappa shape index (κ2) is 1.88. The molecule has 0 saturated heterocycles. The lowest BCUT2D eigenvalue weighted by atomic mass is 10.7. The monoisotopic (exact) mass is 133 g/mol. The minimum atomic E-state index is -3.57. The van der Waals surface area contributed by atoms with E-state index in [1.165, 1.54) is 0 Å². The van der Waals surface area contributed by atoms with Crippen LogP contribution >= 0.6 is 11.8 Å². The third-order valence-corrected chi connectivity index (χ3v) is 0.594. The number of alkyl halides is 2. The van der Waals surface area contributed by atoms with Crippen molar-refractivity contribution in [2.75, 3.05) is 0 Å². The average Bonchev–Trinajstić information content (AvgIpc) is 1.31. The fourth-order valence-corrected chi connectivity index (χ4v) is 0. The van der Waals surface area contributed by atoms with E-state index in [1.54, 1.807) is 0 Å². The van der Waals surface area contributed by atoms with Crippen LogP contribution in [-0.4, -0.2) is 10.7 Å². The van der Waals surface area contributed by atoms with Gasteiger partial charge in [-0.3, -0.25) is 0 Å². The Morgan fingerprint density at radius 2 is 1.71 bits per heavy atom. The lowest BCUT2D eigenvalue weighted by Crippen LogP contribution is -2.22. The van der Waals surface area contributed by atoms with Gasteiger partial charge < -0.3 is 0 Å². The molecule has 0 saturated carbocycles. The van der Waals surface area contributed by atoms with Crippen molar-refractivity contribution < 1.29 is 13.3 Å². The first kappa shape index (κ1) is 7.04. The second-order valence-electron chi connectivity index (χ2n) is 1.07. The Morgan fingerprint density at radius 3 is 1.71 bits per heavy atom. The Hall–Kier alpha value is 0.0400. The van der Waals surface area contributed by atoms with Crippen LogP contribution in [0, 0.1) is 0 Å². The van der Waals surface area contributed by atoms with Gasteiger partial charge >= 0.3 is 6.05 Å². The third-order valence-electron chi connectivity index (χ3n) is 0.297. The molecule has 0 bridgehead atoms. The second-order valence-corrected chi connectivity index (χ2v) is 1.37. The van der Waals surface area contributed by atoms with Crippen LogP contribution in [0.25, 0.3) is 0 Å². The molecule has 0 heterocycles. The smallest absolute Gasteiger partial charge is 0.185 e. The molecule has 0 spiro atoms. The zero-order valence-electron chi connectivity index (χ0n) is 3.46. The zero-order valence-corrected chi connectivity index (χ0v) is 4.22. The highest BCUT2D eigenvalue weighted by molar-refractivity contribution is 6.12. The van der Waals surface area contributed by atoms with Crippen LogP contribution in [0.4, 0.5) is 13.3 Å². The summed E-state index contributed by atoms with van der Waals surface area (Å²) in [5, 5.41) is 0. The molecule has 0 aromatic carbocycles. The molecule has 0 radical (unpaired) electrons. The minimum Gasteiger partial charge on any atom is -0.185 e. The van der Waals surface area contributed by atoms with Crippen molar-refractivity contribution in [1.29, 1.82) is 0 Å². The molecule has 0 unspecified atom stereocenters. The van der Waals surface area contributed by atoms with Gasteiger partial charge in [-0.2, -0.15) is 8.78 Å². The van der Waals surface area contributed by atoms with Gasteiger partial charge in [-0.25, -0.2) is 0 Å². The molecule has 0 fully saturated rings. The molecule has 1 nitrogen and oxygen atoms in total. The highest BCUT2D eigenvalue weighted by Crippen LogP contribution is 2.20. The summed E-state index contributed by atoms with van der Waals surface area (Å²) in [6.07, 6.45) is 0. The Balaban J connectivity index is 3.54. The molecule has 44 valence electrons. The molecule has 0 atom stereocenters. The van der Waals surface area contributed by atoms with E-state index in [0.29, 0.717) is 6.92 Å². The number of hydrogen-bond acceptors (Lipinski definition) is 1. The van der Waals surface area contributed by atoms with Crippen molar-refractivity contribution in [2.45, 2.75) is 13.0 Å². The maximum atomic E-state index is 11.3. The van der Waals surface area contributed by atoms with Gasteiger partial charge in [0.05, 0.1) is 0 Å². The van der Waals surface area contributed by atoms with E-state index in [0.717, 1.165) is 0 Å². The predicted octanol–water partition coefficient (Wildman–Crippen LogP) is 1.94. The molecule has 0 rings (SSSR count). The third kappa shape index (κ3) is 2.70. The first-order valence-corrected chi connectivity index (χ1v) is 1.78. The van der Waals surface area contributed by atoms with Crippen LogP contribution in [0.2, 0.25) is 0 Å². The topological polar surface area (TPSA) is 3.24 Å². The van der Waals surface area contributed by atoms with E-state index in [1.807, 2.05) is 0 Å². The number of halogens is 4. The number of nitrogens with zero attached hydrogens (tertiary/aromatic N) is 1. The summed E-state index contributed by atoms with van der Waals surface area (Å²) in [6, 6.07) is -3.57. The maximum Gasteiger partial charge on any atom is 0.341 e. The predicted molar refractivity (Wildman–Crippen MR) is 19.4 cm³/mol. The Bertz CT molecular complexity index is 58.4. The molecule has 0 aromatic heterocycles. The highest BCUT2D eigenvalue weighted by Gasteiger charge is 2.29. The standard InChI is InChI=1S/C2H3ClF3N/c1-2(4,5)7(3)6/h1H3. The Labute approximate surface area is 43.7 Å². The molecule has 0 amide bonds. The molecule has 7 heavy (non-hydrogen) atoms. The summed E-state index contributed by atoms with van der Waals surface area (Å²) in [4.78, 5) is 0. The Kier molecular flexibility index (Phi) is 1.89. The first-order valence-electron chi connectivity index (χ1n) is 1.44. The summed E-state index contributed by atoms with van der Waals surface area (Å²) in [7, 11) is 0. The molecule has 0 aliphatic rings. The van der Waals surface area contributed by atoms with E-state index >= 15 is 0 Å². The molecule has 0 N–H and O–H groups in total. The fraction of sp³-hybridized carbons (Fsp3) is 1.00. The molecular weight excluding hydrogens is 130 g/mol. The van der Waals surface area contributed by atoms with Crippen LogP contribution in [0.15, 0.2) is 0 Å².